The fourth-order valence-electron chi connectivity index (χ4n) is 3.99. The van der Waals surface area contributed by atoms with Crippen molar-refractivity contribution in [3.63, 3.8) is 0 Å². The van der Waals surface area contributed by atoms with Crippen molar-refractivity contribution in [2.24, 2.45) is 5.92 Å². The third-order valence-corrected chi connectivity index (χ3v) is 7.59. The second kappa shape index (κ2) is 11.5. The number of thiocarbonyl (C=S) groups is 1. The van der Waals surface area contributed by atoms with Gasteiger partial charge in [-0.3, -0.25) is 4.79 Å². The molecule has 1 fully saturated rings. The Balaban J connectivity index is 1.40. The Labute approximate surface area is 219 Å². The first-order valence-corrected chi connectivity index (χ1v) is 13.3. The minimum Gasteiger partial charge on any atom is -0.362 e. The van der Waals surface area contributed by atoms with Crippen LogP contribution in [0.15, 0.2) is 47.8 Å². The van der Waals surface area contributed by atoms with Crippen LogP contribution in [0.5, 0.6) is 0 Å². The maximum Gasteiger partial charge on any atom is 0.275 e. The minimum atomic E-state index is -0.380. The SMILES string of the molecule is CC(C)CNC(=S)N1CCC(c2nc(C(=O)Nc3ccc(F)cc3-c3ccc(Cl)cc3)cs2)CC1. The summed E-state index contributed by atoms with van der Waals surface area (Å²) in [5.41, 5.74) is 2.23. The molecule has 1 saturated heterocycles. The number of hydrogen-bond acceptors (Lipinski definition) is 4. The lowest BCUT2D eigenvalue weighted by atomic mass is 9.98. The summed E-state index contributed by atoms with van der Waals surface area (Å²) < 4.78 is 14.0. The Kier molecular flexibility index (Phi) is 8.36. The summed E-state index contributed by atoms with van der Waals surface area (Å²) in [6.07, 6.45) is 1.88. The molecular formula is C26H28ClFN4OS2. The number of thiazole rings is 1. The highest BCUT2D eigenvalue weighted by atomic mass is 35.5. The van der Waals surface area contributed by atoms with Gasteiger partial charge in [-0.25, -0.2) is 9.37 Å². The zero-order valence-corrected chi connectivity index (χ0v) is 22.1. The molecule has 0 radical (unpaired) electrons. The van der Waals surface area contributed by atoms with E-state index in [4.69, 9.17) is 23.8 Å². The van der Waals surface area contributed by atoms with Gasteiger partial charge >= 0.3 is 0 Å². The van der Waals surface area contributed by atoms with E-state index in [9.17, 15) is 9.18 Å². The summed E-state index contributed by atoms with van der Waals surface area (Å²) >= 11 is 13.0. The van der Waals surface area contributed by atoms with Crippen LogP contribution < -0.4 is 10.6 Å². The van der Waals surface area contributed by atoms with Gasteiger partial charge in [-0.1, -0.05) is 37.6 Å². The topological polar surface area (TPSA) is 57.3 Å². The molecule has 1 aliphatic rings. The van der Waals surface area contributed by atoms with Gasteiger partial charge in [0, 0.05) is 47.2 Å². The monoisotopic (exact) mass is 530 g/mol. The molecule has 3 aromatic rings. The van der Waals surface area contributed by atoms with E-state index >= 15 is 0 Å². The zero-order valence-electron chi connectivity index (χ0n) is 19.7. The molecule has 1 aromatic heterocycles. The standard InChI is InChI=1S/C26H28ClFN4OS2/c1-16(2)14-29-26(34)32-11-9-18(10-12-32)25-31-23(15-35-25)24(33)30-22-8-7-20(28)13-21(22)17-3-5-19(27)6-4-17/h3-8,13,15-16,18H,9-12,14H2,1-2H3,(H,29,34)(H,30,33). The summed E-state index contributed by atoms with van der Waals surface area (Å²) in [7, 11) is 0. The summed E-state index contributed by atoms with van der Waals surface area (Å²) in [6, 6.07) is 11.4. The molecule has 4 rings (SSSR count). The van der Waals surface area contributed by atoms with E-state index in [1.54, 1.807) is 35.7 Å². The first kappa shape index (κ1) is 25.5. The van der Waals surface area contributed by atoms with E-state index in [1.165, 1.54) is 23.5 Å². The molecule has 0 unspecified atom stereocenters. The van der Waals surface area contributed by atoms with Crippen molar-refractivity contribution in [3.05, 3.63) is 69.4 Å². The molecule has 35 heavy (non-hydrogen) atoms. The summed E-state index contributed by atoms with van der Waals surface area (Å²) in [6.45, 7) is 6.93. The predicted octanol–water partition coefficient (Wildman–Crippen LogP) is 6.56. The van der Waals surface area contributed by atoms with E-state index in [0.29, 0.717) is 33.8 Å². The molecule has 2 aromatic carbocycles. The van der Waals surface area contributed by atoms with Gasteiger partial charge in [-0.15, -0.1) is 11.3 Å². The van der Waals surface area contributed by atoms with Gasteiger partial charge in [0.05, 0.1) is 5.01 Å². The fraction of sp³-hybridized carbons (Fsp3) is 0.346. The maximum absolute atomic E-state index is 14.0. The van der Waals surface area contributed by atoms with Crippen LogP contribution in [0, 0.1) is 11.7 Å². The minimum absolute atomic E-state index is 0.307. The van der Waals surface area contributed by atoms with E-state index in [0.717, 1.165) is 48.2 Å². The highest BCUT2D eigenvalue weighted by molar-refractivity contribution is 7.80. The van der Waals surface area contributed by atoms with Crippen LogP contribution in [0.4, 0.5) is 10.1 Å². The number of anilines is 1. The van der Waals surface area contributed by atoms with Crippen LogP contribution in [-0.4, -0.2) is 40.5 Å². The molecule has 0 saturated carbocycles. The van der Waals surface area contributed by atoms with Gasteiger partial charge in [-0.05, 0) is 66.9 Å². The molecule has 9 heteroatoms. The highest BCUT2D eigenvalue weighted by Crippen LogP contribution is 2.32. The zero-order chi connectivity index (χ0) is 24.9. The van der Waals surface area contributed by atoms with E-state index in [2.05, 4.69) is 34.4 Å². The van der Waals surface area contributed by atoms with Gasteiger partial charge in [0.15, 0.2) is 5.11 Å². The number of amides is 1. The van der Waals surface area contributed by atoms with Crippen molar-refractivity contribution in [3.8, 4) is 11.1 Å². The Hall–Kier alpha value is -2.55. The van der Waals surface area contributed by atoms with Crippen molar-refractivity contribution in [1.82, 2.24) is 15.2 Å². The summed E-state index contributed by atoms with van der Waals surface area (Å²) in [5.74, 6) is 0.156. The number of nitrogens with zero attached hydrogens (tertiary/aromatic N) is 2. The number of carbonyl (C=O) groups is 1. The van der Waals surface area contributed by atoms with Crippen molar-refractivity contribution >= 4 is 51.9 Å². The first-order valence-electron chi connectivity index (χ1n) is 11.6. The van der Waals surface area contributed by atoms with Crippen LogP contribution in [-0.2, 0) is 0 Å². The second-order valence-electron chi connectivity index (χ2n) is 9.06. The van der Waals surface area contributed by atoms with Crippen LogP contribution in [0.2, 0.25) is 5.02 Å². The lowest BCUT2D eigenvalue weighted by molar-refractivity contribution is 0.102. The predicted molar refractivity (Wildman–Crippen MR) is 146 cm³/mol. The lowest BCUT2D eigenvalue weighted by Crippen LogP contribution is -2.44. The number of rotatable bonds is 6. The summed E-state index contributed by atoms with van der Waals surface area (Å²) in [4.78, 5) is 19.8. The molecule has 184 valence electrons. The van der Waals surface area contributed by atoms with Crippen molar-refractivity contribution in [1.29, 1.82) is 0 Å². The number of halogens is 2. The fourth-order valence-corrected chi connectivity index (χ4v) is 5.36. The average molecular weight is 531 g/mol. The quantitative estimate of drug-likeness (QED) is 0.353. The number of piperidine rings is 1. The molecule has 2 heterocycles. The molecule has 1 amide bonds. The average Bonchev–Trinajstić information content (AvgIpc) is 3.35. The Morgan fingerprint density at radius 2 is 1.94 bits per heavy atom. The number of carbonyl (C=O) groups excluding carboxylic acids is 1. The highest BCUT2D eigenvalue weighted by Gasteiger charge is 2.25. The lowest BCUT2D eigenvalue weighted by Gasteiger charge is -2.33. The van der Waals surface area contributed by atoms with E-state index in [1.807, 2.05) is 0 Å². The van der Waals surface area contributed by atoms with E-state index < -0.39 is 0 Å². The molecular weight excluding hydrogens is 503 g/mol. The van der Waals surface area contributed by atoms with Crippen LogP contribution in [0.1, 0.15) is 48.1 Å². The second-order valence-corrected chi connectivity index (χ2v) is 10.8. The van der Waals surface area contributed by atoms with E-state index in [-0.39, 0.29) is 11.7 Å². The smallest absolute Gasteiger partial charge is 0.275 e. The van der Waals surface area contributed by atoms with Gasteiger partial charge in [0.2, 0.25) is 0 Å². The Morgan fingerprint density at radius 1 is 1.23 bits per heavy atom. The number of hydrogen-bond donors (Lipinski definition) is 2. The van der Waals surface area contributed by atoms with Crippen molar-refractivity contribution in [2.45, 2.75) is 32.6 Å². The first-order chi connectivity index (χ1) is 16.8. The summed E-state index contributed by atoms with van der Waals surface area (Å²) in [5, 5.41) is 10.4. The van der Waals surface area contributed by atoms with Gasteiger partial charge in [-0.2, -0.15) is 0 Å². The van der Waals surface area contributed by atoms with Crippen LogP contribution in [0.25, 0.3) is 11.1 Å². The molecule has 0 aliphatic carbocycles. The van der Waals surface area contributed by atoms with Crippen LogP contribution >= 0.6 is 35.2 Å². The van der Waals surface area contributed by atoms with Crippen molar-refractivity contribution in [2.75, 3.05) is 25.0 Å². The van der Waals surface area contributed by atoms with Crippen molar-refractivity contribution < 1.29 is 9.18 Å². The molecule has 0 atom stereocenters. The number of nitrogens with one attached hydrogen (secondary N) is 2. The third-order valence-electron chi connectivity index (χ3n) is 5.93. The van der Waals surface area contributed by atoms with Gasteiger partial charge in [0.25, 0.3) is 5.91 Å². The Morgan fingerprint density at radius 3 is 2.63 bits per heavy atom. The third kappa shape index (κ3) is 6.57. The molecule has 2 N–H and O–H groups in total. The largest absolute Gasteiger partial charge is 0.362 e. The molecule has 0 bridgehead atoms. The molecule has 1 aliphatic heterocycles. The maximum atomic E-state index is 14.0. The van der Waals surface area contributed by atoms with Gasteiger partial charge < -0.3 is 15.5 Å². The Bertz CT molecular complexity index is 1190. The number of likely N-dealkylation sites (tertiary alicyclic amines) is 1. The molecule has 5 nitrogen and oxygen atoms in total. The molecule has 0 spiro atoms. The van der Waals surface area contributed by atoms with Crippen LogP contribution in [0.3, 0.4) is 0 Å². The number of aromatic nitrogens is 1. The normalized spacial score (nSPS) is 14.3. The number of benzene rings is 2. The van der Waals surface area contributed by atoms with Gasteiger partial charge in [0.1, 0.15) is 11.5 Å².